The molecule has 0 fully saturated rings. The maximum atomic E-state index is 11.3. The van der Waals surface area contributed by atoms with Crippen LogP contribution in [0, 0.1) is 10.1 Å². The first-order valence-electron chi connectivity index (χ1n) is 5.94. The maximum absolute atomic E-state index is 11.3. The van der Waals surface area contributed by atoms with E-state index in [0.29, 0.717) is 5.75 Å². The van der Waals surface area contributed by atoms with Crippen molar-refractivity contribution in [3.8, 4) is 5.75 Å². The first-order chi connectivity index (χ1) is 10.0. The molecule has 7 heteroatoms. The van der Waals surface area contributed by atoms with Crippen molar-refractivity contribution in [2.75, 3.05) is 12.4 Å². The molecule has 2 aromatic carbocycles. The number of methoxy groups -OCH3 is 1. The van der Waals surface area contributed by atoms with Gasteiger partial charge >= 0.3 is 5.97 Å². The topological polar surface area (TPSA) is 102 Å². The van der Waals surface area contributed by atoms with E-state index < -0.39 is 10.9 Å². The molecule has 0 aliphatic rings. The zero-order chi connectivity index (χ0) is 15.4. The molecule has 2 aromatic rings. The van der Waals surface area contributed by atoms with Gasteiger partial charge in [0.1, 0.15) is 11.4 Å². The minimum Gasteiger partial charge on any atom is -0.497 e. The standard InChI is InChI=1S/C14H12N2O5/c1-21-9-6-7-11(10(8-9)14(17)18)15-12-4-2-3-5-13(12)16(19)20/h2-8,15H,1H3,(H,17,18). The van der Waals surface area contributed by atoms with Crippen LogP contribution in [0.3, 0.4) is 0 Å². The van der Waals surface area contributed by atoms with Gasteiger partial charge in [-0.2, -0.15) is 0 Å². The van der Waals surface area contributed by atoms with Gasteiger partial charge < -0.3 is 15.2 Å². The van der Waals surface area contributed by atoms with Gasteiger partial charge in [-0.15, -0.1) is 0 Å². The molecule has 108 valence electrons. The second kappa shape index (κ2) is 5.91. The Hall–Kier alpha value is -3.09. The van der Waals surface area contributed by atoms with Gasteiger partial charge in [-0.25, -0.2) is 4.79 Å². The number of benzene rings is 2. The molecule has 0 heterocycles. The summed E-state index contributed by atoms with van der Waals surface area (Å²) < 4.78 is 4.97. The van der Waals surface area contributed by atoms with E-state index in [1.54, 1.807) is 12.1 Å². The molecule has 0 atom stereocenters. The second-order valence-corrected chi connectivity index (χ2v) is 4.12. The third kappa shape index (κ3) is 3.08. The molecule has 0 saturated heterocycles. The fourth-order valence-corrected chi connectivity index (χ4v) is 1.82. The number of para-hydroxylation sites is 2. The molecule has 7 nitrogen and oxygen atoms in total. The molecule has 2 N–H and O–H groups in total. The van der Waals surface area contributed by atoms with E-state index in [1.165, 1.54) is 37.4 Å². The van der Waals surface area contributed by atoms with Crippen LogP contribution in [0.4, 0.5) is 17.1 Å². The van der Waals surface area contributed by atoms with E-state index in [4.69, 9.17) is 4.74 Å². The van der Waals surface area contributed by atoms with Gasteiger partial charge in [-0.05, 0) is 24.3 Å². The maximum Gasteiger partial charge on any atom is 0.337 e. The van der Waals surface area contributed by atoms with Crippen LogP contribution < -0.4 is 10.1 Å². The SMILES string of the molecule is COc1ccc(Nc2ccccc2[N+](=O)[O-])c(C(=O)O)c1. The van der Waals surface area contributed by atoms with Crippen molar-refractivity contribution in [3.63, 3.8) is 0 Å². The molecule has 0 aliphatic carbocycles. The van der Waals surface area contributed by atoms with Gasteiger partial charge in [-0.3, -0.25) is 10.1 Å². The fourth-order valence-electron chi connectivity index (χ4n) is 1.82. The van der Waals surface area contributed by atoms with Crippen molar-refractivity contribution in [3.05, 3.63) is 58.1 Å². The highest BCUT2D eigenvalue weighted by molar-refractivity contribution is 5.96. The number of ether oxygens (including phenoxy) is 1. The molecular weight excluding hydrogens is 276 g/mol. The minimum absolute atomic E-state index is 0.0347. The highest BCUT2D eigenvalue weighted by Gasteiger charge is 2.16. The van der Waals surface area contributed by atoms with Crippen molar-refractivity contribution in [2.24, 2.45) is 0 Å². The zero-order valence-electron chi connectivity index (χ0n) is 11.1. The highest BCUT2D eigenvalue weighted by Crippen LogP contribution is 2.30. The Balaban J connectivity index is 2.45. The van der Waals surface area contributed by atoms with Gasteiger partial charge in [0.25, 0.3) is 5.69 Å². The Morgan fingerprint density at radius 2 is 1.95 bits per heavy atom. The van der Waals surface area contributed by atoms with Gasteiger partial charge in [0.05, 0.1) is 23.3 Å². The van der Waals surface area contributed by atoms with Crippen LogP contribution in [-0.4, -0.2) is 23.1 Å². The van der Waals surface area contributed by atoms with Gasteiger partial charge in [-0.1, -0.05) is 12.1 Å². The van der Waals surface area contributed by atoms with E-state index in [1.807, 2.05) is 0 Å². The van der Waals surface area contributed by atoms with Crippen LogP contribution in [0.2, 0.25) is 0 Å². The Bertz CT molecular complexity index is 700. The van der Waals surface area contributed by atoms with E-state index >= 15 is 0 Å². The summed E-state index contributed by atoms with van der Waals surface area (Å²) in [5.74, 6) is -0.768. The largest absolute Gasteiger partial charge is 0.497 e. The van der Waals surface area contributed by atoms with Gasteiger partial charge in [0.2, 0.25) is 0 Å². The Morgan fingerprint density at radius 1 is 1.24 bits per heavy atom. The van der Waals surface area contributed by atoms with Crippen LogP contribution >= 0.6 is 0 Å². The van der Waals surface area contributed by atoms with Crippen molar-refractivity contribution >= 4 is 23.0 Å². The Morgan fingerprint density at radius 3 is 2.57 bits per heavy atom. The number of aromatic carboxylic acids is 1. The summed E-state index contributed by atoms with van der Waals surface area (Å²) in [7, 11) is 1.43. The number of anilines is 2. The molecule has 0 aromatic heterocycles. The lowest BCUT2D eigenvalue weighted by molar-refractivity contribution is -0.383. The summed E-state index contributed by atoms with van der Waals surface area (Å²) in [6, 6.07) is 10.4. The van der Waals surface area contributed by atoms with E-state index in [2.05, 4.69) is 5.32 Å². The van der Waals surface area contributed by atoms with Crippen LogP contribution in [0.15, 0.2) is 42.5 Å². The number of carboxylic acids is 1. The summed E-state index contributed by atoms with van der Waals surface area (Å²) in [5, 5.41) is 23.0. The summed E-state index contributed by atoms with van der Waals surface area (Å²) in [6.45, 7) is 0. The smallest absolute Gasteiger partial charge is 0.337 e. The van der Waals surface area contributed by atoms with Crippen LogP contribution in [0.1, 0.15) is 10.4 Å². The third-order valence-corrected chi connectivity index (χ3v) is 2.83. The molecule has 0 unspecified atom stereocenters. The Kier molecular flexibility index (Phi) is 4.03. The fraction of sp³-hybridized carbons (Fsp3) is 0.0714. The number of rotatable bonds is 5. The lowest BCUT2D eigenvalue weighted by Crippen LogP contribution is -2.04. The number of hydrogen-bond donors (Lipinski definition) is 2. The molecule has 0 radical (unpaired) electrons. The third-order valence-electron chi connectivity index (χ3n) is 2.83. The quantitative estimate of drug-likeness (QED) is 0.647. The number of nitro groups is 1. The molecular formula is C14H12N2O5. The summed E-state index contributed by atoms with van der Waals surface area (Å²) in [4.78, 5) is 21.7. The predicted molar refractivity (Wildman–Crippen MR) is 76.3 cm³/mol. The summed E-state index contributed by atoms with van der Waals surface area (Å²) in [5.41, 5.74) is 0.296. The van der Waals surface area contributed by atoms with Crippen LogP contribution in [0.25, 0.3) is 0 Å². The highest BCUT2D eigenvalue weighted by atomic mass is 16.6. The monoisotopic (exact) mass is 288 g/mol. The average Bonchev–Trinajstić information content (AvgIpc) is 2.47. The average molecular weight is 288 g/mol. The van der Waals surface area contributed by atoms with Crippen molar-refractivity contribution in [2.45, 2.75) is 0 Å². The number of carboxylic acid groups (broad SMARTS) is 1. The first kappa shape index (κ1) is 14.3. The summed E-state index contributed by atoms with van der Waals surface area (Å²) in [6.07, 6.45) is 0. The van der Waals surface area contributed by atoms with Crippen LogP contribution in [0.5, 0.6) is 5.75 Å². The van der Waals surface area contributed by atoms with Gasteiger partial charge in [0.15, 0.2) is 0 Å². The zero-order valence-corrected chi connectivity index (χ0v) is 11.1. The lowest BCUT2D eigenvalue weighted by Gasteiger charge is -2.11. The predicted octanol–water partition coefficient (Wildman–Crippen LogP) is 3.05. The Labute approximate surface area is 119 Å². The molecule has 0 amide bonds. The van der Waals surface area contributed by atoms with Gasteiger partial charge in [0, 0.05) is 6.07 Å². The number of nitrogens with one attached hydrogen (secondary N) is 1. The molecule has 0 saturated carbocycles. The molecule has 21 heavy (non-hydrogen) atoms. The molecule has 2 rings (SSSR count). The van der Waals surface area contributed by atoms with Crippen molar-refractivity contribution < 1.29 is 19.6 Å². The minimum atomic E-state index is -1.16. The van der Waals surface area contributed by atoms with E-state index in [9.17, 15) is 20.0 Å². The second-order valence-electron chi connectivity index (χ2n) is 4.12. The molecule has 0 bridgehead atoms. The van der Waals surface area contributed by atoms with Crippen LogP contribution in [-0.2, 0) is 0 Å². The molecule has 0 spiro atoms. The van der Waals surface area contributed by atoms with E-state index in [0.717, 1.165) is 0 Å². The number of carbonyl (C=O) groups is 1. The van der Waals surface area contributed by atoms with Crippen molar-refractivity contribution in [1.82, 2.24) is 0 Å². The van der Waals surface area contributed by atoms with Crippen molar-refractivity contribution in [1.29, 1.82) is 0 Å². The molecule has 0 aliphatic heterocycles. The van der Waals surface area contributed by atoms with E-state index in [-0.39, 0.29) is 22.6 Å². The lowest BCUT2D eigenvalue weighted by atomic mass is 10.1. The summed E-state index contributed by atoms with van der Waals surface area (Å²) >= 11 is 0. The number of hydrogen-bond acceptors (Lipinski definition) is 5. The number of nitrogens with zero attached hydrogens (tertiary/aromatic N) is 1. The number of nitro benzene ring substituents is 1. The normalized spacial score (nSPS) is 9.95. The first-order valence-corrected chi connectivity index (χ1v) is 5.94.